The second-order valence-electron chi connectivity index (χ2n) is 22.3. The van der Waals surface area contributed by atoms with Crippen molar-refractivity contribution in [1.82, 2.24) is 21.3 Å². The van der Waals surface area contributed by atoms with Gasteiger partial charge in [-0.15, -0.1) is 0 Å². The first-order chi connectivity index (χ1) is 44.3. The fourth-order valence-electron chi connectivity index (χ4n) is 9.44. The number of hydrogen-bond donors (Lipinski definition) is 9. The molecule has 4 amide bonds. The van der Waals surface area contributed by atoms with E-state index in [4.69, 9.17) is 33.5 Å². The molecule has 3 unspecified atom stereocenters. The van der Waals surface area contributed by atoms with Crippen molar-refractivity contribution in [2.24, 2.45) is 17.8 Å². The number of aliphatic carboxylic acids is 1. The fraction of sp³-hybridized carbons (Fsp3) is 0.515. The maximum absolute atomic E-state index is 13.5. The van der Waals surface area contributed by atoms with Gasteiger partial charge < -0.3 is 75.2 Å². The van der Waals surface area contributed by atoms with Gasteiger partial charge in [-0.2, -0.15) is 0 Å². The molecule has 0 spiro atoms. The van der Waals surface area contributed by atoms with Gasteiger partial charge in [-0.05, 0) is 104 Å². The molecule has 9 N–H and O–H groups in total. The van der Waals surface area contributed by atoms with E-state index in [-0.39, 0.29) is 157 Å². The van der Waals surface area contributed by atoms with Gasteiger partial charge in [0.25, 0.3) is 0 Å². The lowest BCUT2D eigenvalue weighted by Crippen LogP contribution is -2.40. The predicted octanol–water partition coefficient (Wildman–Crippen LogP) is 5.15. The maximum Gasteiger partial charge on any atom is 0.303 e. The van der Waals surface area contributed by atoms with E-state index in [1.54, 1.807) is 61.5 Å². The number of ether oxygens (including phenoxy) is 6. The number of Topliss-reactive ketones (excluding diaryl/α,β-unsaturated/α-hetero) is 4. The summed E-state index contributed by atoms with van der Waals surface area (Å²) < 4.78 is 33.5. The van der Waals surface area contributed by atoms with Crippen LogP contribution in [0.4, 0.5) is 0 Å². The first-order valence-corrected chi connectivity index (χ1v) is 31.3. The molecular weight excluding hydrogens is 1190 g/mol. The molecule has 0 aliphatic rings. The molecule has 4 aromatic carbocycles. The van der Waals surface area contributed by atoms with Crippen LogP contribution in [-0.2, 0) is 97.3 Å². The third-order valence-electron chi connectivity index (χ3n) is 14.7. The number of ketones is 4. The number of carbonyl (C=O) groups is 9. The summed E-state index contributed by atoms with van der Waals surface area (Å²) in [6.45, 7) is 4.94. The third-order valence-corrected chi connectivity index (χ3v) is 14.7. The van der Waals surface area contributed by atoms with Crippen molar-refractivity contribution in [3.8, 4) is 23.0 Å². The summed E-state index contributed by atoms with van der Waals surface area (Å²) in [6.07, 6.45) is 2.18. The summed E-state index contributed by atoms with van der Waals surface area (Å²) in [7, 11) is 0. The van der Waals surface area contributed by atoms with Gasteiger partial charge in [-0.25, -0.2) is 0 Å². The van der Waals surface area contributed by atoms with Gasteiger partial charge in [-0.3, -0.25) is 43.2 Å². The lowest BCUT2D eigenvalue weighted by atomic mass is 9.91. The second-order valence-corrected chi connectivity index (χ2v) is 22.3. The molecule has 24 heteroatoms. The Morgan fingerprint density at radius 3 is 1.46 bits per heavy atom. The number of phenolic OH excluding ortho intramolecular Hbond substituents is 4. The normalized spacial score (nSPS) is 12.1. The van der Waals surface area contributed by atoms with Crippen molar-refractivity contribution in [2.45, 2.75) is 103 Å². The number of unbranched alkanes of at least 4 members (excludes halogenated alkanes) is 1. The molecular formula is C68H92N4O20. The molecule has 0 bridgehead atoms. The minimum atomic E-state index is -1.14. The number of nitrogens with one attached hydrogen (secondary N) is 4. The van der Waals surface area contributed by atoms with E-state index in [1.807, 2.05) is 12.1 Å². The van der Waals surface area contributed by atoms with Crippen molar-refractivity contribution in [2.75, 3.05) is 105 Å². The Morgan fingerprint density at radius 2 is 0.880 bits per heavy atom. The largest absolute Gasteiger partial charge is 0.508 e. The number of amides is 4. The van der Waals surface area contributed by atoms with Crippen molar-refractivity contribution in [1.29, 1.82) is 0 Å². The average Bonchev–Trinajstić information content (AvgIpc) is 2.00. The monoisotopic (exact) mass is 1280 g/mol. The van der Waals surface area contributed by atoms with Crippen LogP contribution in [0, 0.1) is 24.7 Å². The van der Waals surface area contributed by atoms with Gasteiger partial charge in [0.1, 0.15) is 23.1 Å². The van der Waals surface area contributed by atoms with Crippen LogP contribution in [0.25, 0.3) is 0 Å². The molecule has 0 aromatic heterocycles. The second kappa shape index (κ2) is 45.2. The van der Waals surface area contributed by atoms with E-state index in [2.05, 4.69) is 21.3 Å². The van der Waals surface area contributed by atoms with Crippen LogP contribution in [0.2, 0.25) is 0 Å². The molecule has 0 saturated heterocycles. The van der Waals surface area contributed by atoms with Gasteiger partial charge in [0, 0.05) is 75.8 Å². The van der Waals surface area contributed by atoms with Gasteiger partial charge >= 0.3 is 5.97 Å². The Morgan fingerprint density at radius 1 is 0.402 bits per heavy atom. The van der Waals surface area contributed by atoms with Crippen LogP contribution < -0.4 is 21.3 Å². The fourth-order valence-corrected chi connectivity index (χ4v) is 9.44. The number of phenols is 4. The molecule has 0 fully saturated rings. The summed E-state index contributed by atoms with van der Waals surface area (Å²) in [6, 6.07) is 24.9. The number of benzene rings is 4. The summed E-state index contributed by atoms with van der Waals surface area (Å²) in [5.41, 5.74) is 3.75. The van der Waals surface area contributed by atoms with E-state index in [9.17, 15) is 63.6 Å². The van der Waals surface area contributed by atoms with E-state index in [0.717, 1.165) is 16.7 Å². The molecule has 4 rings (SSSR count). The highest BCUT2D eigenvalue weighted by Crippen LogP contribution is 2.26. The quantitative estimate of drug-likeness (QED) is 0.0204. The zero-order valence-electron chi connectivity index (χ0n) is 52.7. The summed E-state index contributed by atoms with van der Waals surface area (Å²) >= 11 is 0. The molecule has 0 radical (unpaired) electrons. The number of rotatable bonds is 52. The molecule has 0 aliphatic heterocycles. The number of aromatic hydroxyl groups is 4. The molecule has 0 saturated carbocycles. The molecule has 0 aliphatic carbocycles. The van der Waals surface area contributed by atoms with E-state index >= 15 is 0 Å². The smallest absolute Gasteiger partial charge is 0.303 e. The highest BCUT2D eigenvalue weighted by molar-refractivity contribution is 5.94. The number of carboxylic acids is 1. The first kappa shape index (κ1) is 76.3. The number of carboxylic acid groups (broad SMARTS) is 1. The van der Waals surface area contributed by atoms with Crippen molar-refractivity contribution in [3.63, 3.8) is 0 Å². The lowest BCUT2D eigenvalue weighted by Gasteiger charge is -2.18. The average molecular weight is 1290 g/mol. The SMILES string of the molecule is Cc1ccc(CCC(=O)NCCCCC(CC(=O)CCc2ccc(O)c(O)c2)C(=O)NCCOCCOCCOCCOCCOCCOCCC(=O)CC(Cc2ccc(O)cc2)C(=O)NCC(=O)CC(Cc2ccccc2)C(=O)NCC(=O)CCC(=O)O)cc1O. The Bertz CT molecular complexity index is 2910. The van der Waals surface area contributed by atoms with E-state index < -0.39 is 53.6 Å². The van der Waals surface area contributed by atoms with Crippen LogP contribution >= 0.6 is 0 Å². The molecule has 4 aromatic rings. The van der Waals surface area contributed by atoms with Gasteiger partial charge in [0.15, 0.2) is 23.1 Å². The zero-order chi connectivity index (χ0) is 66.7. The highest BCUT2D eigenvalue weighted by atomic mass is 16.6. The van der Waals surface area contributed by atoms with Crippen LogP contribution in [0.1, 0.15) is 98.4 Å². The van der Waals surface area contributed by atoms with Crippen molar-refractivity contribution < 1.29 is 97.1 Å². The Balaban J connectivity index is 1.02. The molecule has 24 nitrogen and oxygen atoms in total. The van der Waals surface area contributed by atoms with Crippen LogP contribution in [0.5, 0.6) is 23.0 Å². The van der Waals surface area contributed by atoms with Crippen LogP contribution in [-0.4, -0.2) is 184 Å². The van der Waals surface area contributed by atoms with Crippen LogP contribution in [0.3, 0.4) is 0 Å². The van der Waals surface area contributed by atoms with Crippen molar-refractivity contribution >= 4 is 52.7 Å². The maximum atomic E-state index is 13.5. The topological polar surface area (TPSA) is 358 Å². The van der Waals surface area contributed by atoms with Crippen molar-refractivity contribution in [3.05, 3.63) is 119 Å². The molecule has 504 valence electrons. The van der Waals surface area contributed by atoms with E-state index in [0.29, 0.717) is 96.0 Å². The molecule has 3 atom stereocenters. The minimum Gasteiger partial charge on any atom is -0.508 e. The van der Waals surface area contributed by atoms with Gasteiger partial charge in [0.05, 0.1) is 98.8 Å². The standard InChI is InChI=1S/C68H92N4O20/c1-48-10-11-51(41-62(48)79)16-22-64(81)69-25-6-5-9-53(43-57(74)19-14-52-15-21-61(78)63(80)42-52)66(84)70-26-28-88-30-32-90-34-36-92-38-37-91-35-33-89-31-29-87-27-24-58(75)44-54(40-50-12-17-56(73)18-13-50)67(85)72-47-60(77)45-55(39-49-7-3-2-4-8-49)68(86)71-46-59(76)20-23-65(82)83/h2-4,7-8,10-13,15,17-18,21,41-42,53-55,73,78-80H,5-6,9,14,16,19-20,22-40,43-47H2,1H3,(H,69,81)(H,70,84)(H,71,86)(H,72,85)(H,82,83). The first-order valence-electron chi connectivity index (χ1n) is 31.3. The zero-order valence-corrected chi connectivity index (χ0v) is 52.7. The van der Waals surface area contributed by atoms with E-state index in [1.165, 1.54) is 24.3 Å². The predicted molar refractivity (Wildman–Crippen MR) is 338 cm³/mol. The van der Waals surface area contributed by atoms with Gasteiger partial charge in [-0.1, -0.05) is 67.1 Å². The Kier molecular flexibility index (Phi) is 37.5. The molecule has 92 heavy (non-hydrogen) atoms. The number of aryl methyl sites for hydroxylation is 3. The Labute approximate surface area is 537 Å². The van der Waals surface area contributed by atoms with Gasteiger partial charge in [0.2, 0.25) is 23.6 Å². The Hall–Kier alpha value is -8.13. The summed E-state index contributed by atoms with van der Waals surface area (Å²) in [5, 5.41) is 59.0. The highest BCUT2D eigenvalue weighted by Gasteiger charge is 2.27. The third kappa shape index (κ3) is 34.3. The minimum absolute atomic E-state index is 0.0189. The number of carbonyl (C=O) groups excluding carboxylic acids is 8. The van der Waals surface area contributed by atoms with Crippen LogP contribution in [0.15, 0.2) is 91.0 Å². The summed E-state index contributed by atoms with van der Waals surface area (Å²) in [5.74, 6) is -6.59. The number of hydrogen-bond acceptors (Lipinski definition) is 19. The summed E-state index contributed by atoms with van der Waals surface area (Å²) in [4.78, 5) is 115. The lowest BCUT2D eigenvalue weighted by molar-refractivity contribution is -0.138. The molecule has 0 heterocycles.